The Labute approximate surface area is 245 Å². The van der Waals surface area contributed by atoms with Crippen LogP contribution in [0, 0.1) is 0 Å². The summed E-state index contributed by atoms with van der Waals surface area (Å²) >= 11 is 1.55. The number of carbonyl (C=O) groups excluding carboxylic acids is 1. The molecule has 0 aromatic heterocycles. The van der Waals surface area contributed by atoms with Crippen molar-refractivity contribution in [3.63, 3.8) is 0 Å². The third-order valence-corrected chi connectivity index (χ3v) is 15.0. The number of benzene rings is 2. The number of anilines is 1. The molecule has 224 valence electrons. The van der Waals surface area contributed by atoms with Crippen LogP contribution in [0.2, 0.25) is 18.1 Å². The molecule has 0 bridgehead atoms. The van der Waals surface area contributed by atoms with E-state index in [-0.39, 0.29) is 38.1 Å². The Bertz CT molecular complexity index is 1380. The number of sulfonamides is 1. The van der Waals surface area contributed by atoms with E-state index in [1.165, 1.54) is 12.1 Å². The summed E-state index contributed by atoms with van der Waals surface area (Å²) in [6.07, 6.45) is 1.08. The van der Waals surface area contributed by atoms with Gasteiger partial charge in [0.25, 0.3) is 0 Å². The summed E-state index contributed by atoms with van der Waals surface area (Å²) in [5.74, 6) is -0.126. The van der Waals surface area contributed by atoms with Crippen molar-refractivity contribution in [2.75, 3.05) is 31.8 Å². The fourth-order valence-corrected chi connectivity index (χ4v) is 7.15. The molecule has 0 radical (unpaired) electrons. The Hall–Kier alpha value is -1.90. The van der Waals surface area contributed by atoms with Crippen molar-refractivity contribution in [3.8, 4) is 0 Å². The van der Waals surface area contributed by atoms with Crippen molar-refractivity contribution >= 4 is 51.5 Å². The summed E-state index contributed by atoms with van der Waals surface area (Å²) in [5.41, 5.74) is 0.206. The van der Waals surface area contributed by atoms with Crippen LogP contribution in [0.25, 0.3) is 0 Å². The van der Waals surface area contributed by atoms with Crippen LogP contribution >= 0.6 is 11.8 Å². The van der Waals surface area contributed by atoms with Crippen LogP contribution in [0.1, 0.15) is 34.1 Å². The molecular weight excluding hydrogens is 587 g/mol. The van der Waals surface area contributed by atoms with Gasteiger partial charge in [-0.05, 0) is 48.5 Å². The summed E-state index contributed by atoms with van der Waals surface area (Å²) in [5, 5.41) is 8.37. The van der Waals surface area contributed by atoms with Crippen LogP contribution in [-0.2, 0) is 29.1 Å². The molecule has 40 heavy (non-hydrogen) atoms. The van der Waals surface area contributed by atoms with Crippen LogP contribution in [0.5, 0.6) is 0 Å². The predicted molar refractivity (Wildman–Crippen MR) is 165 cm³/mol. The molecular formula is C27H43N3O6S3Si. The maximum atomic E-state index is 13.3. The number of nitrogens with one attached hydrogen (secondary N) is 1. The predicted octanol–water partition coefficient (Wildman–Crippen LogP) is 4.57. The highest BCUT2D eigenvalue weighted by Crippen LogP contribution is 2.36. The lowest BCUT2D eigenvalue weighted by molar-refractivity contribution is -0.130. The molecule has 0 saturated heterocycles. The Morgan fingerprint density at radius 1 is 1.10 bits per heavy atom. The molecule has 1 unspecified atom stereocenters. The molecule has 2 rings (SSSR count). The van der Waals surface area contributed by atoms with E-state index in [4.69, 9.17) is 9.56 Å². The molecule has 2 atom stereocenters. The van der Waals surface area contributed by atoms with E-state index in [2.05, 4.69) is 39.2 Å². The third-order valence-electron chi connectivity index (χ3n) is 7.17. The van der Waals surface area contributed by atoms with Crippen LogP contribution in [-0.4, -0.2) is 73.7 Å². The van der Waals surface area contributed by atoms with E-state index >= 15 is 0 Å². The summed E-state index contributed by atoms with van der Waals surface area (Å²) in [4.78, 5) is 15.5. The number of rotatable bonds is 13. The van der Waals surface area contributed by atoms with Gasteiger partial charge in [0.2, 0.25) is 15.9 Å². The quantitative estimate of drug-likeness (QED) is 0.243. The minimum Gasteiger partial charge on any atom is -0.415 e. The fraction of sp³-hybridized carbons (Fsp3) is 0.519. The molecule has 0 spiro atoms. The average Bonchev–Trinajstić information content (AvgIpc) is 2.82. The van der Waals surface area contributed by atoms with Gasteiger partial charge in [-0.1, -0.05) is 45.9 Å². The third kappa shape index (κ3) is 9.88. The normalized spacial score (nSPS) is 14.4. The minimum absolute atomic E-state index is 0.0603. The van der Waals surface area contributed by atoms with Crippen LogP contribution in [0.15, 0.2) is 63.2 Å². The highest BCUT2D eigenvalue weighted by atomic mass is 32.2. The second-order valence-electron chi connectivity index (χ2n) is 11.5. The van der Waals surface area contributed by atoms with E-state index in [0.717, 1.165) is 17.2 Å². The zero-order chi connectivity index (χ0) is 30.5. The topological polar surface area (TPSA) is 136 Å². The lowest BCUT2D eigenvalue weighted by Crippen LogP contribution is -2.43. The second-order valence-corrected chi connectivity index (χ2v) is 21.3. The van der Waals surface area contributed by atoms with Gasteiger partial charge in [0.1, 0.15) is 0 Å². The number of nitrogens with zero attached hydrogens (tertiary/aromatic N) is 1. The molecule has 2 aromatic rings. The van der Waals surface area contributed by atoms with Gasteiger partial charge in [-0.15, -0.1) is 11.8 Å². The summed E-state index contributed by atoms with van der Waals surface area (Å²) in [6.45, 7) is 13.6. The second kappa shape index (κ2) is 13.4. The van der Waals surface area contributed by atoms with E-state index < -0.39 is 34.2 Å². The van der Waals surface area contributed by atoms with Gasteiger partial charge in [0.05, 0.1) is 22.1 Å². The molecule has 0 aliphatic rings. The van der Waals surface area contributed by atoms with E-state index in [1.54, 1.807) is 23.7 Å². The van der Waals surface area contributed by atoms with Gasteiger partial charge in [-0.3, -0.25) is 4.79 Å². The molecule has 0 aliphatic heterocycles. The first-order valence-electron chi connectivity index (χ1n) is 13.0. The van der Waals surface area contributed by atoms with Gasteiger partial charge >= 0.3 is 0 Å². The number of amides is 1. The number of carbonyl (C=O) groups is 1. The molecule has 13 heteroatoms. The zero-order valence-corrected chi connectivity index (χ0v) is 28.0. The Morgan fingerprint density at radius 2 is 1.70 bits per heavy atom. The number of thioether (sulfide) groups is 1. The Balaban J connectivity index is 2.31. The fourth-order valence-electron chi connectivity index (χ4n) is 3.56. The Morgan fingerprint density at radius 3 is 2.23 bits per heavy atom. The minimum atomic E-state index is -4.11. The molecule has 9 nitrogen and oxygen atoms in total. The van der Waals surface area contributed by atoms with E-state index in [9.17, 15) is 21.6 Å². The SMILES string of the molecule is CC(Sc1ccccc1)[C@@H](CC(=O)N(C)CCO[Si](C)(C)C(C)(C)C)Nc1ccc(S(N)(=O)=O)cc1S(C)(=O)=O. The standard InChI is InChI=1S/C27H43N3O6S3Si/c1-20(37-21-12-10-9-11-13-21)24(19-26(31)30(5)16-17-36-40(7,8)27(2,3)4)29-23-15-14-22(39(28,34)35)18-25(23)38(6,32)33/h9-15,18,20,24,29H,16-17,19H2,1-8H3,(H2,28,34,35)/t20?,24-/m1/s1. The average molecular weight is 630 g/mol. The summed E-state index contributed by atoms with van der Waals surface area (Å²) < 4.78 is 55.2. The number of hydrogen-bond donors (Lipinski definition) is 2. The largest absolute Gasteiger partial charge is 0.415 e. The van der Waals surface area contributed by atoms with Gasteiger partial charge in [-0.25, -0.2) is 22.0 Å². The smallest absolute Gasteiger partial charge is 0.238 e. The van der Waals surface area contributed by atoms with Crippen molar-refractivity contribution in [1.82, 2.24) is 4.90 Å². The van der Waals surface area contributed by atoms with Gasteiger partial charge in [-0.2, -0.15) is 0 Å². The lowest BCUT2D eigenvalue weighted by atomic mass is 10.1. The molecule has 0 saturated carbocycles. The van der Waals surface area contributed by atoms with Gasteiger partial charge < -0.3 is 14.6 Å². The van der Waals surface area contributed by atoms with Gasteiger partial charge in [0.15, 0.2) is 18.2 Å². The zero-order valence-electron chi connectivity index (χ0n) is 24.6. The molecule has 2 aromatic carbocycles. The molecule has 0 aliphatic carbocycles. The number of primary sulfonamides is 1. The first kappa shape index (κ1) is 34.3. The van der Waals surface area contributed by atoms with Crippen LogP contribution in [0.3, 0.4) is 0 Å². The Kier molecular flexibility index (Phi) is 11.5. The molecule has 1 amide bonds. The first-order chi connectivity index (χ1) is 18.2. The van der Waals surface area contributed by atoms with Crippen molar-refractivity contribution in [1.29, 1.82) is 0 Å². The summed E-state index contributed by atoms with van der Waals surface area (Å²) in [7, 11) is -8.17. The number of hydrogen-bond acceptors (Lipinski definition) is 8. The van der Waals surface area contributed by atoms with E-state index in [1.807, 2.05) is 37.3 Å². The van der Waals surface area contributed by atoms with Crippen molar-refractivity contribution in [3.05, 3.63) is 48.5 Å². The maximum Gasteiger partial charge on any atom is 0.238 e. The van der Waals surface area contributed by atoms with E-state index in [0.29, 0.717) is 13.2 Å². The summed E-state index contributed by atoms with van der Waals surface area (Å²) in [6, 6.07) is 12.9. The molecule has 3 N–H and O–H groups in total. The van der Waals surface area contributed by atoms with Crippen molar-refractivity contribution in [2.24, 2.45) is 5.14 Å². The van der Waals surface area contributed by atoms with Crippen molar-refractivity contribution in [2.45, 2.75) is 78.2 Å². The van der Waals surface area contributed by atoms with Crippen molar-refractivity contribution < 1.29 is 26.1 Å². The highest BCUT2D eigenvalue weighted by Gasteiger charge is 2.37. The number of likely N-dealkylation sites (N-methyl/N-ethyl adjacent to an activating group) is 1. The van der Waals surface area contributed by atoms with Crippen LogP contribution < -0.4 is 10.5 Å². The molecule has 0 fully saturated rings. The number of nitrogens with two attached hydrogens (primary N) is 1. The highest BCUT2D eigenvalue weighted by molar-refractivity contribution is 8.00. The molecule has 0 heterocycles. The lowest BCUT2D eigenvalue weighted by Gasteiger charge is -2.36. The number of sulfone groups is 1. The maximum absolute atomic E-state index is 13.3. The monoisotopic (exact) mass is 629 g/mol. The van der Waals surface area contributed by atoms with Gasteiger partial charge in [0, 0.05) is 42.5 Å². The first-order valence-corrected chi connectivity index (χ1v) is 20.2. The van der Waals surface area contributed by atoms with Crippen LogP contribution in [0.4, 0.5) is 5.69 Å².